The number of nitrogens with zero attached hydrogens (tertiary/aromatic N) is 3. The van der Waals surface area contributed by atoms with Crippen LogP contribution in [0.25, 0.3) is 11.1 Å². The van der Waals surface area contributed by atoms with Gasteiger partial charge in [-0.3, -0.25) is 9.48 Å². The molecule has 2 aromatic carbocycles. The molecule has 1 amide bonds. The average molecular weight is 431 g/mol. The van der Waals surface area contributed by atoms with Crippen LogP contribution in [0.4, 0.5) is 4.79 Å². The third-order valence-electron chi connectivity index (χ3n) is 6.90. The lowest BCUT2D eigenvalue weighted by atomic mass is 9.89. The van der Waals surface area contributed by atoms with Gasteiger partial charge >= 0.3 is 12.1 Å². The first-order chi connectivity index (χ1) is 15.5. The summed E-state index contributed by atoms with van der Waals surface area (Å²) in [6, 6.07) is 16.4. The lowest BCUT2D eigenvalue weighted by Gasteiger charge is -2.19. The molecule has 1 fully saturated rings. The van der Waals surface area contributed by atoms with Crippen LogP contribution in [0, 0.1) is 12.8 Å². The number of carbonyl (C=O) groups excluding carboxylic acids is 1. The number of rotatable bonds is 4. The Morgan fingerprint density at radius 1 is 1.03 bits per heavy atom. The summed E-state index contributed by atoms with van der Waals surface area (Å²) in [7, 11) is 1.83. The van der Waals surface area contributed by atoms with Crippen molar-refractivity contribution in [3.8, 4) is 11.1 Å². The zero-order chi connectivity index (χ0) is 22.4. The Labute approximate surface area is 186 Å². The van der Waals surface area contributed by atoms with E-state index >= 15 is 0 Å². The van der Waals surface area contributed by atoms with E-state index in [9.17, 15) is 14.7 Å². The lowest BCUT2D eigenvalue weighted by Crippen LogP contribution is -2.31. The largest absolute Gasteiger partial charge is 0.481 e. The van der Waals surface area contributed by atoms with E-state index in [1.54, 1.807) is 10.9 Å². The number of fused-ring (bicyclic) bond motifs is 3. The Balaban J connectivity index is 1.33. The monoisotopic (exact) mass is 431 g/mol. The number of hydrogen-bond donors (Lipinski definition) is 1. The maximum Gasteiger partial charge on any atom is 0.409 e. The van der Waals surface area contributed by atoms with Gasteiger partial charge in [-0.2, -0.15) is 5.10 Å². The second-order valence-corrected chi connectivity index (χ2v) is 8.57. The van der Waals surface area contributed by atoms with Crippen molar-refractivity contribution in [3.63, 3.8) is 0 Å². The summed E-state index contributed by atoms with van der Waals surface area (Å²) in [5, 5.41) is 14.0. The van der Waals surface area contributed by atoms with Crippen LogP contribution in [0.3, 0.4) is 0 Å². The minimum atomic E-state index is -0.910. The van der Waals surface area contributed by atoms with Crippen molar-refractivity contribution < 1.29 is 19.4 Å². The van der Waals surface area contributed by atoms with Crippen molar-refractivity contribution in [2.45, 2.75) is 18.8 Å². The van der Waals surface area contributed by atoms with Crippen LogP contribution in [-0.2, 0) is 16.6 Å². The van der Waals surface area contributed by atoms with Gasteiger partial charge in [-0.25, -0.2) is 4.79 Å². The van der Waals surface area contributed by atoms with Crippen LogP contribution in [0.5, 0.6) is 0 Å². The summed E-state index contributed by atoms with van der Waals surface area (Å²) >= 11 is 0. The minimum Gasteiger partial charge on any atom is -0.481 e. The molecule has 0 spiro atoms. The molecule has 7 nitrogen and oxygen atoms in total. The molecule has 164 valence electrons. The highest BCUT2D eigenvalue weighted by Gasteiger charge is 2.42. The second-order valence-electron chi connectivity index (χ2n) is 8.57. The van der Waals surface area contributed by atoms with E-state index in [-0.39, 0.29) is 25.0 Å². The smallest absolute Gasteiger partial charge is 0.409 e. The molecule has 1 aromatic heterocycles. The number of aromatic nitrogens is 2. The SMILES string of the molecule is Cc1c([C@@H]2CN(C(=O)OCC3c4ccccc4-c4ccccc43)C[C@H]2C(=O)O)cnn1C. The summed E-state index contributed by atoms with van der Waals surface area (Å²) in [5.74, 6) is -1.92. The Hall–Kier alpha value is -3.61. The highest BCUT2D eigenvalue weighted by Crippen LogP contribution is 2.44. The van der Waals surface area contributed by atoms with Crippen molar-refractivity contribution in [2.24, 2.45) is 13.0 Å². The number of likely N-dealkylation sites (tertiary alicyclic amines) is 1. The van der Waals surface area contributed by atoms with Gasteiger partial charge in [0.1, 0.15) is 6.61 Å². The molecule has 2 heterocycles. The van der Waals surface area contributed by atoms with E-state index in [0.717, 1.165) is 22.4 Å². The summed E-state index contributed by atoms with van der Waals surface area (Å²) in [4.78, 5) is 26.4. The number of carboxylic acids is 1. The molecule has 3 aromatic rings. The van der Waals surface area contributed by atoms with Gasteiger partial charge in [0.05, 0.1) is 12.1 Å². The van der Waals surface area contributed by atoms with Crippen LogP contribution < -0.4 is 0 Å². The molecular formula is C25H25N3O4. The van der Waals surface area contributed by atoms with Gasteiger partial charge in [0.25, 0.3) is 0 Å². The first kappa shape index (κ1) is 20.3. The van der Waals surface area contributed by atoms with E-state index in [1.165, 1.54) is 16.0 Å². The molecule has 0 bridgehead atoms. The number of hydrogen-bond acceptors (Lipinski definition) is 4. The number of carboxylic acid groups (broad SMARTS) is 1. The zero-order valence-electron chi connectivity index (χ0n) is 18.1. The average Bonchev–Trinajstić information content (AvgIpc) is 3.47. The lowest BCUT2D eigenvalue weighted by molar-refractivity contribution is -0.141. The van der Waals surface area contributed by atoms with Crippen molar-refractivity contribution >= 4 is 12.1 Å². The van der Waals surface area contributed by atoms with E-state index in [4.69, 9.17) is 4.74 Å². The number of aliphatic carboxylic acids is 1. The topological polar surface area (TPSA) is 84.7 Å². The Kier molecular flexibility index (Phi) is 4.96. The second kappa shape index (κ2) is 7.82. The fourth-order valence-electron chi connectivity index (χ4n) is 5.08. The Morgan fingerprint density at radius 3 is 2.22 bits per heavy atom. The van der Waals surface area contributed by atoms with Crippen LogP contribution >= 0.6 is 0 Å². The molecule has 1 N–H and O–H groups in total. The van der Waals surface area contributed by atoms with Crippen LogP contribution in [0.1, 0.15) is 34.2 Å². The summed E-state index contributed by atoms with van der Waals surface area (Å²) in [5.41, 5.74) is 6.42. The molecule has 0 unspecified atom stereocenters. The normalized spacial score (nSPS) is 19.6. The van der Waals surface area contributed by atoms with Gasteiger partial charge in [-0.15, -0.1) is 0 Å². The minimum absolute atomic E-state index is 0.0272. The van der Waals surface area contributed by atoms with E-state index < -0.39 is 18.0 Å². The molecule has 2 aliphatic rings. The summed E-state index contributed by atoms with van der Waals surface area (Å²) in [6.45, 7) is 2.57. The standard InChI is InChI=1S/C25H25N3O4/c1-15-20(11-26-27(15)2)21-12-28(13-22(21)24(29)30)25(31)32-14-23-18-9-5-3-7-16(18)17-8-4-6-10-19(17)23/h3-11,21-23H,12-14H2,1-2H3,(H,29,30)/t21-,22+/m0/s1. The zero-order valence-corrected chi connectivity index (χ0v) is 18.1. The number of carbonyl (C=O) groups is 2. The Morgan fingerprint density at radius 2 is 1.66 bits per heavy atom. The highest BCUT2D eigenvalue weighted by atomic mass is 16.6. The third kappa shape index (κ3) is 3.25. The molecule has 1 saturated heterocycles. The van der Waals surface area contributed by atoms with Crippen molar-refractivity contribution in [1.29, 1.82) is 0 Å². The molecule has 0 saturated carbocycles. The molecular weight excluding hydrogens is 406 g/mol. The molecule has 1 aliphatic heterocycles. The van der Waals surface area contributed by atoms with Crippen LogP contribution in [-0.4, -0.2) is 51.5 Å². The van der Waals surface area contributed by atoms with Crippen LogP contribution in [0.15, 0.2) is 54.7 Å². The molecule has 32 heavy (non-hydrogen) atoms. The summed E-state index contributed by atoms with van der Waals surface area (Å²) in [6.07, 6.45) is 1.24. The fourth-order valence-corrected chi connectivity index (χ4v) is 5.08. The number of benzene rings is 2. The molecule has 2 atom stereocenters. The molecule has 7 heteroatoms. The van der Waals surface area contributed by atoms with Crippen molar-refractivity contribution in [3.05, 3.63) is 77.1 Å². The van der Waals surface area contributed by atoms with E-state index in [0.29, 0.717) is 6.54 Å². The van der Waals surface area contributed by atoms with Gasteiger partial charge in [0.2, 0.25) is 0 Å². The van der Waals surface area contributed by atoms with Gasteiger partial charge < -0.3 is 14.7 Å². The van der Waals surface area contributed by atoms with Gasteiger partial charge in [0, 0.05) is 37.7 Å². The Bertz CT molecular complexity index is 1160. The van der Waals surface area contributed by atoms with Gasteiger partial charge in [0.15, 0.2) is 0 Å². The predicted molar refractivity (Wildman–Crippen MR) is 118 cm³/mol. The van der Waals surface area contributed by atoms with Gasteiger partial charge in [-0.1, -0.05) is 48.5 Å². The first-order valence-corrected chi connectivity index (χ1v) is 10.8. The number of ether oxygens (including phenoxy) is 1. The fraction of sp³-hybridized carbons (Fsp3) is 0.320. The van der Waals surface area contributed by atoms with Gasteiger partial charge in [-0.05, 0) is 34.7 Å². The maximum absolute atomic E-state index is 13.0. The number of amides is 1. The summed E-state index contributed by atoms with van der Waals surface area (Å²) < 4.78 is 7.47. The maximum atomic E-state index is 13.0. The van der Waals surface area contributed by atoms with E-state index in [1.807, 2.05) is 38.2 Å². The van der Waals surface area contributed by atoms with Crippen LogP contribution in [0.2, 0.25) is 0 Å². The molecule has 0 radical (unpaired) electrons. The van der Waals surface area contributed by atoms with Crippen molar-refractivity contribution in [2.75, 3.05) is 19.7 Å². The van der Waals surface area contributed by atoms with E-state index in [2.05, 4.69) is 29.4 Å². The van der Waals surface area contributed by atoms with Crippen molar-refractivity contribution in [1.82, 2.24) is 14.7 Å². The third-order valence-corrected chi connectivity index (χ3v) is 6.90. The molecule has 1 aliphatic carbocycles. The number of aryl methyl sites for hydroxylation is 1. The molecule has 5 rings (SSSR count). The quantitative estimate of drug-likeness (QED) is 0.680. The predicted octanol–water partition coefficient (Wildman–Crippen LogP) is 3.78. The first-order valence-electron chi connectivity index (χ1n) is 10.8. The highest BCUT2D eigenvalue weighted by molar-refractivity contribution is 5.79.